The Morgan fingerprint density at radius 3 is 2.03 bits per heavy atom. The molecule has 0 aromatic heterocycles. The second-order valence-corrected chi connectivity index (χ2v) is 7.70. The lowest BCUT2D eigenvalue weighted by Crippen LogP contribution is -2.32. The fraction of sp³-hybridized carbons (Fsp3) is 0.227. The number of anilines is 1. The van der Waals surface area contributed by atoms with Crippen LogP contribution in [0.4, 0.5) is 11.4 Å². The first-order chi connectivity index (χ1) is 14.4. The zero-order chi connectivity index (χ0) is 21.0. The van der Waals surface area contributed by atoms with Gasteiger partial charge in [-0.1, -0.05) is 12.2 Å². The molecule has 1 heterocycles. The molecule has 0 unspecified atom stereocenters. The number of nitrogens with zero attached hydrogens (tertiary/aromatic N) is 2. The molecule has 4 atom stereocenters. The van der Waals surface area contributed by atoms with Crippen molar-refractivity contribution in [2.45, 2.75) is 6.42 Å². The van der Waals surface area contributed by atoms with E-state index in [1.165, 1.54) is 41.3 Å². The number of non-ortho nitro benzene ring substituents is 1. The predicted molar refractivity (Wildman–Crippen MR) is 105 cm³/mol. The van der Waals surface area contributed by atoms with Gasteiger partial charge in [0.05, 0.1) is 28.0 Å². The Kier molecular flexibility index (Phi) is 4.02. The van der Waals surface area contributed by atoms with Gasteiger partial charge in [0.1, 0.15) is 5.75 Å². The molecule has 2 aromatic carbocycles. The van der Waals surface area contributed by atoms with Crippen molar-refractivity contribution in [1.82, 2.24) is 0 Å². The van der Waals surface area contributed by atoms with Gasteiger partial charge < -0.3 is 4.74 Å². The summed E-state index contributed by atoms with van der Waals surface area (Å²) in [5.74, 6) is -1.02. The Balaban J connectivity index is 1.30. The third kappa shape index (κ3) is 2.72. The molecule has 0 N–H and O–H groups in total. The molecule has 2 fully saturated rings. The molecule has 1 aliphatic heterocycles. The lowest BCUT2D eigenvalue weighted by Gasteiger charge is -2.17. The SMILES string of the molecule is O=C(Oc1ccc(N2C(=O)[C@H]3[C@H](C2=O)[C@H]2C=C[C@H]3C2)cc1)c1ccc([N+](=O)[O-])cc1. The number of nitro benzene ring substituents is 1. The van der Waals surface area contributed by atoms with Gasteiger partial charge in [0.2, 0.25) is 11.8 Å². The van der Waals surface area contributed by atoms with Crippen molar-refractivity contribution in [3.63, 3.8) is 0 Å². The second kappa shape index (κ2) is 6.62. The van der Waals surface area contributed by atoms with Gasteiger partial charge in [-0.15, -0.1) is 0 Å². The van der Waals surface area contributed by atoms with E-state index in [1.54, 1.807) is 12.1 Å². The van der Waals surface area contributed by atoms with Crippen molar-refractivity contribution in [2.24, 2.45) is 23.7 Å². The molecule has 0 spiro atoms. The Labute approximate surface area is 170 Å². The van der Waals surface area contributed by atoms with Crippen LogP contribution in [-0.4, -0.2) is 22.7 Å². The van der Waals surface area contributed by atoms with Crippen molar-refractivity contribution in [1.29, 1.82) is 0 Å². The molecular formula is C22H16N2O6. The Hall–Kier alpha value is -3.81. The largest absolute Gasteiger partial charge is 0.423 e. The first-order valence-electron chi connectivity index (χ1n) is 9.57. The number of rotatable bonds is 4. The first kappa shape index (κ1) is 18.2. The molecule has 1 saturated heterocycles. The molecular weight excluding hydrogens is 388 g/mol. The molecule has 8 heteroatoms. The van der Waals surface area contributed by atoms with Gasteiger partial charge in [-0.05, 0) is 54.7 Å². The van der Waals surface area contributed by atoms with E-state index < -0.39 is 10.9 Å². The van der Waals surface area contributed by atoms with Gasteiger partial charge in [0.25, 0.3) is 5.69 Å². The predicted octanol–water partition coefficient (Wildman–Crippen LogP) is 3.13. The molecule has 0 radical (unpaired) electrons. The summed E-state index contributed by atoms with van der Waals surface area (Å²) in [6, 6.07) is 11.3. The van der Waals surface area contributed by atoms with E-state index in [0.29, 0.717) is 5.69 Å². The van der Waals surface area contributed by atoms with Gasteiger partial charge >= 0.3 is 5.97 Å². The summed E-state index contributed by atoms with van der Waals surface area (Å²) in [4.78, 5) is 49.3. The minimum atomic E-state index is -0.664. The highest BCUT2D eigenvalue weighted by Gasteiger charge is 2.59. The number of amides is 2. The zero-order valence-corrected chi connectivity index (χ0v) is 15.6. The van der Waals surface area contributed by atoms with Crippen LogP contribution in [0.1, 0.15) is 16.8 Å². The number of esters is 1. The maximum absolute atomic E-state index is 12.8. The van der Waals surface area contributed by atoms with E-state index in [9.17, 15) is 24.5 Å². The normalized spacial score (nSPS) is 26.2. The number of benzene rings is 2. The van der Waals surface area contributed by atoms with Crippen molar-refractivity contribution in [2.75, 3.05) is 4.90 Å². The van der Waals surface area contributed by atoms with E-state index in [4.69, 9.17) is 4.74 Å². The number of nitro groups is 1. The van der Waals surface area contributed by atoms with Crippen LogP contribution < -0.4 is 9.64 Å². The number of imide groups is 1. The van der Waals surface area contributed by atoms with Crippen LogP contribution in [0.5, 0.6) is 5.75 Å². The molecule has 150 valence electrons. The Bertz CT molecular complexity index is 1080. The van der Waals surface area contributed by atoms with Crippen molar-refractivity contribution >= 4 is 29.2 Å². The molecule has 5 rings (SSSR count). The molecule has 2 aliphatic carbocycles. The number of hydrogen-bond acceptors (Lipinski definition) is 6. The maximum Gasteiger partial charge on any atom is 0.343 e. The number of allylic oxidation sites excluding steroid dienone is 2. The molecule has 3 aliphatic rings. The number of fused-ring (bicyclic) bond motifs is 5. The molecule has 8 nitrogen and oxygen atoms in total. The minimum Gasteiger partial charge on any atom is -0.423 e. The van der Waals surface area contributed by atoms with Crippen LogP contribution in [0, 0.1) is 33.8 Å². The first-order valence-corrected chi connectivity index (χ1v) is 9.57. The quantitative estimate of drug-likeness (QED) is 0.194. The van der Waals surface area contributed by atoms with E-state index in [1.807, 2.05) is 12.2 Å². The van der Waals surface area contributed by atoms with Crippen molar-refractivity contribution in [3.05, 3.63) is 76.4 Å². The van der Waals surface area contributed by atoms with Gasteiger partial charge in [0.15, 0.2) is 0 Å². The summed E-state index contributed by atoms with van der Waals surface area (Å²) in [7, 11) is 0. The van der Waals surface area contributed by atoms with E-state index >= 15 is 0 Å². The summed E-state index contributed by atoms with van der Waals surface area (Å²) in [5.41, 5.74) is 0.503. The molecule has 2 bridgehead atoms. The highest BCUT2D eigenvalue weighted by molar-refractivity contribution is 6.22. The molecule has 1 saturated carbocycles. The van der Waals surface area contributed by atoms with Crippen LogP contribution in [0.3, 0.4) is 0 Å². The lowest BCUT2D eigenvalue weighted by molar-refractivity contribution is -0.384. The average molecular weight is 404 g/mol. The standard InChI is InChI=1S/C22H16N2O6/c25-20-18-13-1-2-14(11-13)19(18)21(26)23(20)15-7-9-17(10-8-15)30-22(27)12-3-5-16(6-4-12)24(28)29/h1-10,13-14,18-19H,11H2/t13-,14-,18+,19+/m0/s1. The summed E-state index contributed by atoms with van der Waals surface area (Å²) in [5, 5.41) is 10.7. The molecule has 2 amide bonds. The fourth-order valence-corrected chi connectivity index (χ4v) is 4.71. The maximum atomic E-state index is 12.8. The van der Waals surface area contributed by atoms with E-state index in [-0.39, 0.29) is 52.5 Å². The molecule has 30 heavy (non-hydrogen) atoms. The van der Waals surface area contributed by atoms with E-state index in [0.717, 1.165) is 6.42 Å². The Morgan fingerprint density at radius 2 is 1.50 bits per heavy atom. The van der Waals surface area contributed by atoms with Crippen LogP contribution in [0.25, 0.3) is 0 Å². The van der Waals surface area contributed by atoms with Crippen LogP contribution >= 0.6 is 0 Å². The van der Waals surface area contributed by atoms with Crippen molar-refractivity contribution in [3.8, 4) is 5.75 Å². The lowest BCUT2D eigenvalue weighted by atomic mass is 9.85. The third-order valence-electron chi connectivity index (χ3n) is 6.09. The topological polar surface area (TPSA) is 107 Å². The van der Waals surface area contributed by atoms with Crippen LogP contribution in [-0.2, 0) is 9.59 Å². The number of hydrogen-bond donors (Lipinski definition) is 0. The minimum absolute atomic E-state index is 0.121. The van der Waals surface area contributed by atoms with Gasteiger partial charge in [-0.25, -0.2) is 4.79 Å². The number of carbonyl (C=O) groups excluding carboxylic acids is 3. The number of carbonyl (C=O) groups is 3. The van der Waals surface area contributed by atoms with Crippen LogP contribution in [0.2, 0.25) is 0 Å². The third-order valence-corrected chi connectivity index (χ3v) is 6.09. The smallest absolute Gasteiger partial charge is 0.343 e. The Morgan fingerprint density at radius 1 is 0.933 bits per heavy atom. The van der Waals surface area contributed by atoms with Crippen LogP contribution in [0.15, 0.2) is 60.7 Å². The molecule has 2 aromatic rings. The zero-order valence-electron chi connectivity index (χ0n) is 15.6. The summed E-state index contributed by atoms with van der Waals surface area (Å²) in [6.07, 6.45) is 4.96. The average Bonchev–Trinajstić information content (AvgIpc) is 3.43. The van der Waals surface area contributed by atoms with Crippen molar-refractivity contribution < 1.29 is 24.0 Å². The summed E-state index contributed by atoms with van der Waals surface area (Å²) in [6.45, 7) is 0. The summed E-state index contributed by atoms with van der Waals surface area (Å²) >= 11 is 0. The van der Waals surface area contributed by atoms with E-state index in [2.05, 4.69) is 0 Å². The fourth-order valence-electron chi connectivity index (χ4n) is 4.71. The van der Waals surface area contributed by atoms with Gasteiger partial charge in [-0.3, -0.25) is 24.6 Å². The highest BCUT2D eigenvalue weighted by atomic mass is 16.6. The summed E-state index contributed by atoms with van der Waals surface area (Å²) < 4.78 is 5.28. The highest BCUT2D eigenvalue weighted by Crippen LogP contribution is 2.53. The monoisotopic (exact) mass is 404 g/mol. The van der Waals surface area contributed by atoms with Gasteiger partial charge in [-0.2, -0.15) is 0 Å². The van der Waals surface area contributed by atoms with Gasteiger partial charge in [0, 0.05) is 12.1 Å². The number of ether oxygens (including phenoxy) is 1. The second-order valence-electron chi connectivity index (χ2n) is 7.70.